The maximum Gasteiger partial charge on any atom is 0.114 e. The molecule has 0 spiro atoms. The zero-order chi connectivity index (χ0) is 13.1. The minimum atomic E-state index is 0.303. The quantitative estimate of drug-likeness (QED) is 0.881. The maximum atomic E-state index is 6.32. The van der Waals surface area contributed by atoms with Gasteiger partial charge in [0.1, 0.15) is 5.76 Å². The van der Waals surface area contributed by atoms with Gasteiger partial charge in [-0.1, -0.05) is 29.4 Å². The second kappa shape index (κ2) is 5.83. The molecule has 1 unspecified atom stereocenters. The molecule has 96 valence electrons. The molecule has 0 aliphatic heterocycles. The Balaban J connectivity index is 2.23. The molecule has 0 aliphatic carbocycles. The van der Waals surface area contributed by atoms with E-state index in [0.29, 0.717) is 6.04 Å². The summed E-state index contributed by atoms with van der Waals surface area (Å²) in [6, 6.07) is 8.44. The first kappa shape index (κ1) is 13.5. The van der Waals surface area contributed by atoms with Crippen LogP contribution in [-0.2, 0) is 0 Å². The van der Waals surface area contributed by atoms with Gasteiger partial charge in [-0.15, -0.1) is 0 Å². The molecule has 1 heterocycles. The van der Waals surface area contributed by atoms with Crippen LogP contribution in [0.1, 0.15) is 24.3 Å². The molecule has 2 rings (SSSR count). The molecular formula is C14H16ClNOS. The third-order valence-electron chi connectivity index (χ3n) is 2.92. The largest absolute Gasteiger partial charge is 0.468 e. The van der Waals surface area contributed by atoms with E-state index in [9.17, 15) is 0 Å². The fourth-order valence-corrected chi connectivity index (χ4v) is 2.78. The second-order valence-corrected chi connectivity index (χ2v) is 5.63. The highest BCUT2D eigenvalue weighted by atomic mass is 35.5. The Morgan fingerprint density at radius 1 is 1.28 bits per heavy atom. The molecule has 0 fully saturated rings. The van der Waals surface area contributed by atoms with Gasteiger partial charge in [0.2, 0.25) is 0 Å². The summed E-state index contributed by atoms with van der Waals surface area (Å²) >= 11 is 7.95. The van der Waals surface area contributed by atoms with Crippen molar-refractivity contribution in [3.05, 3.63) is 46.9 Å². The summed E-state index contributed by atoms with van der Waals surface area (Å²) in [5.41, 5.74) is 1.19. The molecule has 0 saturated heterocycles. The Morgan fingerprint density at radius 3 is 2.61 bits per heavy atom. The van der Waals surface area contributed by atoms with E-state index >= 15 is 0 Å². The van der Waals surface area contributed by atoms with Gasteiger partial charge < -0.3 is 9.73 Å². The van der Waals surface area contributed by atoms with Crippen LogP contribution in [0.25, 0.3) is 0 Å². The maximum absolute atomic E-state index is 6.32. The summed E-state index contributed by atoms with van der Waals surface area (Å²) < 4.78 is 5.28. The highest BCUT2D eigenvalue weighted by Gasteiger charge is 2.09. The molecular weight excluding hydrogens is 266 g/mol. The number of halogens is 1. The Hall–Kier alpha value is -0.900. The summed E-state index contributed by atoms with van der Waals surface area (Å²) in [6.45, 7) is 4.06. The Labute approximate surface area is 117 Å². The van der Waals surface area contributed by atoms with Crippen LogP contribution in [0.15, 0.2) is 44.7 Å². The van der Waals surface area contributed by atoms with Gasteiger partial charge in [0.25, 0.3) is 0 Å². The molecule has 1 N–H and O–H groups in total. The minimum absolute atomic E-state index is 0.303. The van der Waals surface area contributed by atoms with E-state index in [1.165, 1.54) is 5.56 Å². The van der Waals surface area contributed by atoms with Crippen molar-refractivity contribution in [2.45, 2.75) is 29.7 Å². The molecule has 4 heteroatoms. The molecule has 1 aromatic heterocycles. The van der Waals surface area contributed by atoms with E-state index in [1.54, 1.807) is 18.0 Å². The molecule has 18 heavy (non-hydrogen) atoms. The smallest absolute Gasteiger partial charge is 0.114 e. The molecule has 0 radical (unpaired) electrons. The van der Waals surface area contributed by atoms with Crippen LogP contribution in [0.3, 0.4) is 0 Å². The van der Waals surface area contributed by atoms with Gasteiger partial charge in [-0.25, -0.2) is 0 Å². The van der Waals surface area contributed by atoms with E-state index in [2.05, 4.69) is 24.4 Å². The van der Waals surface area contributed by atoms with E-state index in [0.717, 1.165) is 20.6 Å². The van der Waals surface area contributed by atoms with Crippen LogP contribution in [0.2, 0.25) is 5.02 Å². The fraction of sp³-hybridized carbons (Fsp3) is 0.286. The van der Waals surface area contributed by atoms with Crippen molar-refractivity contribution in [1.29, 1.82) is 0 Å². The number of benzene rings is 1. The number of hydrogen-bond donors (Lipinski definition) is 1. The number of rotatable bonds is 4. The number of hydrogen-bond acceptors (Lipinski definition) is 3. The van der Waals surface area contributed by atoms with Crippen LogP contribution in [0.4, 0.5) is 0 Å². The molecule has 1 atom stereocenters. The molecule has 0 bridgehead atoms. The van der Waals surface area contributed by atoms with Crippen molar-refractivity contribution in [3.63, 3.8) is 0 Å². The summed E-state index contributed by atoms with van der Waals surface area (Å²) in [5.74, 6) is 0.920. The van der Waals surface area contributed by atoms with Gasteiger partial charge in [-0.2, -0.15) is 0 Å². The zero-order valence-electron chi connectivity index (χ0n) is 10.7. The number of nitrogens with one attached hydrogen (secondary N) is 1. The molecule has 0 amide bonds. The Kier molecular flexibility index (Phi) is 4.38. The van der Waals surface area contributed by atoms with Crippen LogP contribution < -0.4 is 5.32 Å². The average Bonchev–Trinajstić information content (AvgIpc) is 2.76. The first-order chi connectivity index (χ1) is 8.61. The molecule has 1 aromatic carbocycles. The van der Waals surface area contributed by atoms with Crippen molar-refractivity contribution in [3.8, 4) is 0 Å². The van der Waals surface area contributed by atoms with Gasteiger partial charge in [-0.05, 0) is 44.7 Å². The van der Waals surface area contributed by atoms with E-state index < -0.39 is 0 Å². The van der Waals surface area contributed by atoms with Crippen LogP contribution in [0, 0.1) is 6.92 Å². The fourth-order valence-electron chi connectivity index (χ4n) is 1.63. The lowest BCUT2D eigenvalue weighted by Gasteiger charge is -2.12. The predicted molar refractivity (Wildman–Crippen MR) is 76.5 cm³/mol. The lowest BCUT2D eigenvalue weighted by molar-refractivity contribution is 0.527. The van der Waals surface area contributed by atoms with Crippen molar-refractivity contribution < 1.29 is 4.42 Å². The third-order valence-corrected chi connectivity index (χ3v) is 4.56. The van der Waals surface area contributed by atoms with Crippen LogP contribution in [0.5, 0.6) is 0 Å². The molecule has 2 aromatic rings. The molecule has 0 saturated carbocycles. The highest BCUT2D eigenvalue weighted by Crippen LogP contribution is 2.36. The number of aryl methyl sites for hydroxylation is 1. The Morgan fingerprint density at radius 2 is 2.06 bits per heavy atom. The lowest BCUT2D eigenvalue weighted by atomic mass is 10.1. The summed E-state index contributed by atoms with van der Waals surface area (Å²) in [4.78, 5) is 2.15. The van der Waals surface area contributed by atoms with Crippen molar-refractivity contribution in [2.24, 2.45) is 0 Å². The SMILES string of the molecule is CNC(C)c1ccc(Sc2ccoc2C)c(Cl)c1. The molecule has 2 nitrogen and oxygen atoms in total. The third kappa shape index (κ3) is 2.91. The van der Waals surface area contributed by atoms with E-state index in [4.69, 9.17) is 16.0 Å². The topological polar surface area (TPSA) is 25.2 Å². The van der Waals surface area contributed by atoms with Gasteiger partial charge >= 0.3 is 0 Å². The number of furan rings is 1. The van der Waals surface area contributed by atoms with Crippen molar-refractivity contribution in [2.75, 3.05) is 7.05 Å². The van der Waals surface area contributed by atoms with E-state index in [1.807, 2.05) is 26.1 Å². The van der Waals surface area contributed by atoms with E-state index in [-0.39, 0.29) is 0 Å². The van der Waals surface area contributed by atoms with Gasteiger partial charge in [0.15, 0.2) is 0 Å². The second-order valence-electron chi connectivity index (χ2n) is 4.14. The standard InChI is InChI=1S/C14H16ClNOS/c1-9(16-3)11-4-5-14(12(15)8-11)18-13-6-7-17-10(13)2/h4-9,16H,1-3H3. The lowest BCUT2D eigenvalue weighted by Crippen LogP contribution is -2.12. The normalized spacial score (nSPS) is 12.7. The average molecular weight is 282 g/mol. The van der Waals surface area contributed by atoms with Gasteiger partial charge in [0.05, 0.1) is 16.2 Å². The van der Waals surface area contributed by atoms with Gasteiger partial charge in [-0.3, -0.25) is 0 Å². The Bertz CT molecular complexity index is 538. The predicted octanol–water partition coefficient (Wildman–Crippen LogP) is 4.67. The monoisotopic (exact) mass is 281 g/mol. The zero-order valence-corrected chi connectivity index (χ0v) is 12.2. The summed E-state index contributed by atoms with van der Waals surface area (Å²) in [6.07, 6.45) is 1.70. The van der Waals surface area contributed by atoms with Crippen molar-refractivity contribution in [1.82, 2.24) is 5.32 Å². The summed E-state index contributed by atoms with van der Waals surface area (Å²) in [5, 5.41) is 3.98. The first-order valence-electron chi connectivity index (χ1n) is 5.80. The molecule has 0 aliphatic rings. The van der Waals surface area contributed by atoms with Crippen LogP contribution >= 0.6 is 23.4 Å². The van der Waals surface area contributed by atoms with Gasteiger partial charge in [0, 0.05) is 10.9 Å². The van der Waals surface area contributed by atoms with Crippen molar-refractivity contribution >= 4 is 23.4 Å². The van der Waals surface area contributed by atoms with Crippen LogP contribution in [-0.4, -0.2) is 7.05 Å². The first-order valence-corrected chi connectivity index (χ1v) is 7.00. The highest BCUT2D eigenvalue weighted by molar-refractivity contribution is 7.99. The summed E-state index contributed by atoms with van der Waals surface area (Å²) in [7, 11) is 1.94. The minimum Gasteiger partial charge on any atom is -0.468 e.